The van der Waals surface area contributed by atoms with Gasteiger partial charge in [0.2, 0.25) is 12.3 Å². The monoisotopic (exact) mass is 459 g/mol. The molecule has 5 N–H and O–H groups in total. The third-order valence-corrected chi connectivity index (χ3v) is 5.25. The Balaban J connectivity index is 2.31. The average Bonchev–Trinajstić information content (AvgIpc) is 2.79. The van der Waals surface area contributed by atoms with Crippen LogP contribution in [0.4, 0.5) is 0 Å². The highest BCUT2D eigenvalue weighted by molar-refractivity contribution is 5.78. The van der Waals surface area contributed by atoms with Gasteiger partial charge in [0.1, 0.15) is 0 Å². The van der Waals surface area contributed by atoms with E-state index in [2.05, 4.69) is 77.7 Å². The van der Waals surface area contributed by atoms with Gasteiger partial charge in [-0.1, -0.05) is 51.1 Å². The summed E-state index contributed by atoms with van der Waals surface area (Å²) in [5, 5.41) is 15.9. The summed E-state index contributed by atoms with van der Waals surface area (Å²) in [6.45, 7) is 11.7. The molecule has 0 heterocycles. The Bertz CT molecular complexity index is 706. The molecular weight excluding hydrogens is 414 g/mol. The molecular formula is C26H45N5O2. The van der Waals surface area contributed by atoms with Gasteiger partial charge >= 0.3 is 0 Å². The van der Waals surface area contributed by atoms with Crippen molar-refractivity contribution in [2.24, 2.45) is 0 Å². The van der Waals surface area contributed by atoms with Gasteiger partial charge in [-0.25, -0.2) is 0 Å². The summed E-state index contributed by atoms with van der Waals surface area (Å²) in [6, 6.07) is 9.06. The summed E-state index contributed by atoms with van der Waals surface area (Å²) < 4.78 is 0. The molecule has 1 unspecified atom stereocenters. The van der Waals surface area contributed by atoms with Crippen LogP contribution in [0.1, 0.15) is 58.1 Å². The van der Waals surface area contributed by atoms with Gasteiger partial charge in [-0.15, -0.1) is 0 Å². The van der Waals surface area contributed by atoms with Gasteiger partial charge in [-0.2, -0.15) is 0 Å². The van der Waals surface area contributed by atoms with Crippen LogP contribution >= 0.6 is 0 Å². The minimum absolute atomic E-state index is 0.00927. The van der Waals surface area contributed by atoms with Gasteiger partial charge < -0.3 is 26.6 Å². The number of carbonyl (C=O) groups is 2. The normalized spacial score (nSPS) is 12.5. The first-order chi connectivity index (χ1) is 16.0. The number of rotatable bonds is 19. The second-order valence-electron chi connectivity index (χ2n) is 8.75. The van der Waals surface area contributed by atoms with Gasteiger partial charge in [-0.3, -0.25) is 9.59 Å². The van der Waals surface area contributed by atoms with Gasteiger partial charge in [0, 0.05) is 37.4 Å². The first kappa shape index (κ1) is 28.7. The Hall–Kier alpha value is -2.38. The maximum Gasteiger partial charge on any atom is 0.239 e. The second kappa shape index (κ2) is 18.1. The highest BCUT2D eigenvalue weighted by atomic mass is 16.2. The molecule has 186 valence electrons. The molecule has 1 rings (SSSR count). The van der Waals surface area contributed by atoms with E-state index in [-0.39, 0.29) is 18.5 Å². The zero-order valence-corrected chi connectivity index (χ0v) is 21.0. The lowest BCUT2D eigenvalue weighted by Gasteiger charge is -2.18. The maximum atomic E-state index is 12.2. The maximum absolute atomic E-state index is 12.2. The van der Waals surface area contributed by atoms with Crippen LogP contribution < -0.4 is 26.6 Å². The van der Waals surface area contributed by atoms with E-state index in [9.17, 15) is 9.59 Å². The highest BCUT2D eigenvalue weighted by Gasteiger charge is 2.08. The second-order valence-corrected chi connectivity index (χ2v) is 8.75. The summed E-state index contributed by atoms with van der Waals surface area (Å²) >= 11 is 0. The molecule has 0 fully saturated rings. The van der Waals surface area contributed by atoms with Crippen molar-refractivity contribution in [2.45, 2.75) is 71.9 Å². The molecule has 0 saturated heterocycles. The number of nitrogens with one attached hydrogen (secondary N) is 5. The van der Waals surface area contributed by atoms with Crippen molar-refractivity contribution < 1.29 is 9.59 Å². The summed E-state index contributed by atoms with van der Waals surface area (Å²) in [4.78, 5) is 22.6. The van der Waals surface area contributed by atoms with Gasteiger partial charge in [0.15, 0.2) is 0 Å². The Kier molecular flexibility index (Phi) is 15.7. The van der Waals surface area contributed by atoms with Gasteiger partial charge in [0.25, 0.3) is 0 Å². The fraction of sp³-hybridized carbons (Fsp3) is 0.615. The molecule has 0 saturated carbocycles. The fourth-order valence-electron chi connectivity index (χ4n) is 3.55. The zero-order valence-electron chi connectivity index (χ0n) is 21.0. The molecule has 2 amide bonds. The number of aryl methyl sites for hydroxylation is 2. The average molecular weight is 460 g/mol. The number of allylic oxidation sites excluding steroid dienone is 1. The molecule has 1 aromatic carbocycles. The van der Waals surface area contributed by atoms with E-state index in [0.717, 1.165) is 63.8 Å². The SMILES string of the molecule is CCC=C(CNCCCc1ccccc1CCCNC=O)NCC(=O)NC(C)CNC(C)C. The molecule has 0 aliphatic heterocycles. The van der Waals surface area contributed by atoms with Crippen LogP contribution in [0.3, 0.4) is 0 Å². The molecule has 7 nitrogen and oxygen atoms in total. The number of benzene rings is 1. The molecule has 0 aliphatic carbocycles. The zero-order chi connectivity index (χ0) is 24.3. The van der Waals surface area contributed by atoms with Gasteiger partial charge in [-0.05, 0) is 56.7 Å². The van der Waals surface area contributed by atoms with E-state index in [4.69, 9.17) is 0 Å². The molecule has 7 heteroatoms. The third-order valence-electron chi connectivity index (χ3n) is 5.25. The third kappa shape index (κ3) is 14.4. The van der Waals surface area contributed by atoms with Crippen molar-refractivity contribution in [3.63, 3.8) is 0 Å². The quantitative estimate of drug-likeness (QED) is 0.162. The van der Waals surface area contributed by atoms with E-state index < -0.39 is 0 Å². The Morgan fingerprint density at radius 3 is 2.27 bits per heavy atom. The number of hydrogen-bond donors (Lipinski definition) is 5. The predicted molar refractivity (Wildman–Crippen MR) is 137 cm³/mol. The summed E-state index contributed by atoms with van der Waals surface area (Å²) in [7, 11) is 0. The Morgan fingerprint density at radius 2 is 1.67 bits per heavy atom. The summed E-state index contributed by atoms with van der Waals surface area (Å²) in [5.74, 6) is 0.00927. The molecule has 33 heavy (non-hydrogen) atoms. The van der Waals surface area contributed by atoms with Crippen molar-refractivity contribution in [3.05, 3.63) is 47.2 Å². The number of hydrogen-bond acceptors (Lipinski definition) is 5. The van der Waals surface area contributed by atoms with Gasteiger partial charge in [0.05, 0.1) is 6.54 Å². The number of carbonyl (C=O) groups excluding carboxylic acids is 2. The van der Waals surface area contributed by atoms with Crippen molar-refractivity contribution in [2.75, 3.05) is 32.7 Å². The van der Waals surface area contributed by atoms with E-state index in [1.165, 1.54) is 11.1 Å². The van der Waals surface area contributed by atoms with Crippen LogP contribution in [0.2, 0.25) is 0 Å². The van der Waals surface area contributed by atoms with Crippen LogP contribution in [-0.4, -0.2) is 57.1 Å². The molecule has 0 radical (unpaired) electrons. The van der Waals surface area contributed by atoms with Crippen molar-refractivity contribution >= 4 is 12.3 Å². The predicted octanol–water partition coefficient (Wildman–Crippen LogP) is 2.27. The van der Waals surface area contributed by atoms with Crippen LogP contribution in [0.25, 0.3) is 0 Å². The Labute approximate surface area is 200 Å². The molecule has 0 spiro atoms. The van der Waals surface area contributed by atoms with Crippen molar-refractivity contribution in [1.29, 1.82) is 0 Å². The smallest absolute Gasteiger partial charge is 0.239 e. The topological polar surface area (TPSA) is 94.3 Å². The largest absolute Gasteiger partial charge is 0.379 e. The standard InChI is InChI=1S/C26H45N5O2/c1-5-10-25(30-19-26(33)31-22(4)17-29-21(2)3)18-27-15-8-13-23-11-6-7-12-24(23)14-9-16-28-20-32/h6-7,10-12,20-22,27,29-30H,5,8-9,13-19H2,1-4H3,(H,28,32)(H,31,33). The minimum atomic E-state index is 0.00927. The van der Waals surface area contributed by atoms with Crippen LogP contribution in [0.15, 0.2) is 36.0 Å². The Morgan fingerprint density at radius 1 is 1.00 bits per heavy atom. The highest BCUT2D eigenvalue weighted by Crippen LogP contribution is 2.13. The molecule has 1 atom stereocenters. The van der Waals surface area contributed by atoms with E-state index in [1.807, 2.05) is 6.92 Å². The van der Waals surface area contributed by atoms with Crippen molar-refractivity contribution in [3.8, 4) is 0 Å². The van der Waals surface area contributed by atoms with E-state index in [0.29, 0.717) is 12.6 Å². The van der Waals surface area contributed by atoms with Crippen molar-refractivity contribution in [1.82, 2.24) is 26.6 Å². The minimum Gasteiger partial charge on any atom is -0.379 e. The first-order valence-electron chi connectivity index (χ1n) is 12.4. The number of amides is 2. The summed E-state index contributed by atoms with van der Waals surface area (Å²) in [6.07, 6.45) is 7.81. The van der Waals surface area contributed by atoms with E-state index in [1.54, 1.807) is 0 Å². The van der Waals surface area contributed by atoms with Crippen LogP contribution in [0.5, 0.6) is 0 Å². The first-order valence-corrected chi connectivity index (χ1v) is 12.4. The molecule has 0 aromatic heterocycles. The molecule has 1 aromatic rings. The summed E-state index contributed by atoms with van der Waals surface area (Å²) in [5.41, 5.74) is 3.80. The lowest BCUT2D eigenvalue weighted by Crippen LogP contribution is -2.45. The molecule has 0 bridgehead atoms. The van der Waals surface area contributed by atoms with E-state index >= 15 is 0 Å². The molecule has 0 aliphatic rings. The lowest BCUT2D eigenvalue weighted by atomic mass is 9.99. The lowest BCUT2D eigenvalue weighted by molar-refractivity contribution is -0.120. The van der Waals surface area contributed by atoms with Crippen LogP contribution in [-0.2, 0) is 22.4 Å². The van der Waals surface area contributed by atoms with Crippen LogP contribution in [0, 0.1) is 0 Å². The fourth-order valence-corrected chi connectivity index (χ4v) is 3.55.